The van der Waals surface area contributed by atoms with E-state index in [1.807, 2.05) is 39.5 Å². The van der Waals surface area contributed by atoms with Crippen LogP contribution in [0.3, 0.4) is 0 Å². The molecule has 0 bridgehead atoms. The number of benzene rings is 1. The minimum Gasteiger partial charge on any atom is -0.360 e. The second kappa shape index (κ2) is 6.95. The second-order valence-corrected chi connectivity index (χ2v) is 6.03. The molecule has 0 aliphatic rings. The van der Waals surface area contributed by atoms with Crippen molar-refractivity contribution in [3.05, 3.63) is 60.8 Å². The van der Waals surface area contributed by atoms with Crippen molar-refractivity contribution in [1.82, 2.24) is 29.4 Å². The molecule has 0 fully saturated rings. The summed E-state index contributed by atoms with van der Waals surface area (Å²) in [7, 11) is 0. The molecule has 1 atom stereocenters. The Morgan fingerprint density at radius 2 is 1.92 bits per heavy atom. The van der Waals surface area contributed by atoms with Crippen LogP contribution in [0.4, 0.5) is 5.82 Å². The molecule has 1 N–H and O–H groups in total. The van der Waals surface area contributed by atoms with E-state index in [4.69, 9.17) is 4.98 Å². The van der Waals surface area contributed by atoms with Gasteiger partial charge in [0.1, 0.15) is 18.0 Å². The van der Waals surface area contributed by atoms with Crippen molar-refractivity contribution in [2.45, 2.75) is 32.9 Å². The summed E-state index contributed by atoms with van der Waals surface area (Å²) in [6.45, 7) is 4.98. The third kappa shape index (κ3) is 2.92. The first-order valence-electron chi connectivity index (χ1n) is 8.84. The highest BCUT2D eigenvalue weighted by Crippen LogP contribution is 2.26. The summed E-state index contributed by atoms with van der Waals surface area (Å²) in [6.07, 6.45) is 4.25. The molecule has 132 valence electrons. The molecule has 0 aliphatic carbocycles. The van der Waals surface area contributed by atoms with Crippen LogP contribution in [0.25, 0.3) is 16.9 Å². The van der Waals surface area contributed by atoms with Crippen molar-refractivity contribution in [2.75, 3.05) is 5.32 Å². The zero-order chi connectivity index (χ0) is 17.9. The van der Waals surface area contributed by atoms with Gasteiger partial charge >= 0.3 is 0 Å². The molecule has 4 rings (SSSR count). The van der Waals surface area contributed by atoms with Crippen LogP contribution in [0.1, 0.15) is 32.1 Å². The largest absolute Gasteiger partial charge is 0.360 e. The number of aryl methyl sites for hydroxylation is 1. The van der Waals surface area contributed by atoms with Gasteiger partial charge in [-0.1, -0.05) is 37.3 Å². The summed E-state index contributed by atoms with van der Waals surface area (Å²) in [6, 6.07) is 14.1. The Hall–Kier alpha value is -3.22. The second-order valence-electron chi connectivity index (χ2n) is 6.03. The molecule has 0 aliphatic heterocycles. The van der Waals surface area contributed by atoms with Gasteiger partial charge in [-0.25, -0.2) is 14.6 Å². The number of hydrogen-bond acceptors (Lipinski definition) is 5. The first-order chi connectivity index (χ1) is 12.8. The van der Waals surface area contributed by atoms with E-state index in [2.05, 4.69) is 46.5 Å². The summed E-state index contributed by atoms with van der Waals surface area (Å²) < 4.78 is 3.74. The Bertz CT molecular complexity index is 1000. The lowest BCUT2D eigenvalue weighted by atomic mass is 10.1. The molecule has 0 amide bonds. The van der Waals surface area contributed by atoms with Crippen molar-refractivity contribution in [2.24, 2.45) is 0 Å². The smallest absolute Gasteiger partial charge is 0.157 e. The number of fused-ring (bicyclic) bond motifs is 1. The third-order valence-electron chi connectivity index (χ3n) is 4.42. The summed E-state index contributed by atoms with van der Waals surface area (Å²) >= 11 is 0. The maximum absolute atomic E-state index is 4.72. The average molecular weight is 347 g/mol. The van der Waals surface area contributed by atoms with Gasteiger partial charge in [-0.15, -0.1) is 0 Å². The maximum atomic E-state index is 4.72. The summed E-state index contributed by atoms with van der Waals surface area (Å²) in [5.74, 6) is 1.81. The van der Waals surface area contributed by atoms with Crippen molar-refractivity contribution < 1.29 is 0 Å². The van der Waals surface area contributed by atoms with Crippen LogP contribution in [0.5, 0.6) is 0 Å². The molecule has 7 nitrogen and oxygen atoms in total. The molecule has 4 aromatic rings. The molecule has 3 heterocycles. The molecule has 0 saturated heterocycles. The van der Waals surface area contributed by atoms with E-state index >= 15 is 0 Å². The minimum absolute atomic E-state index is 0.0378. The highest BCUT2D eigenvalue weighted by molar-refractivity contribution is 5.66. The maximum Gasteiger partial charge on any atom is 0.157 e. The van der Waals surface area contributed by atoms with Gasteiger partial charge < -0.3 is 5.32 Å². The third-order valence-corrected chi connectivity index (χ3v) is 4.42. The first kappa shape index (κ1) is 16.3. The van der Waals surface area contributed by atoms with Crippen LogP contribution in [-0.2, 0) is 6.54 Å². The van der Waals surface area contributed by atoms with Gasteiger partial charge in [0.15, 0.2) is 5.65 Å². The quantitative estimate of drug-likeness (QED) is 0.577. The minimum atomic E-state index is 0.0378. The topological polar surface area (TPSA) is 72.9 Å². The summed E-state index contributed by atoms with van der Waals surface area (Å²) in [5.41, 5.74) is 2.79. The highest BCUT2D eigenvalue weighted by atomic mass is 15.4. The van der Waals surface area contributed by atoms with Gasteiger partial charge in [0.2, 0.25) is 0 Å². The van der Waals surface area contributed by atoms with Gasteiger partial charge in [-0.2, -0.15) is 14.7 Å². The average Bonchev–Trinajstić information content (AvgIpc) is 3.35. The van der Waals surface area contributed by atoms with E-state index < -0.39 is 0 Å². The molecular weight excluding hydrogens is 326 g/mol. The number of aromatic nitrogens is 6. The Kier molecular flexibility index (Phi) is 4.35. The fourth-order valence-corrected chi connectivity index (χ4v) is 3.09. The molecule has 0 radical (unpaired) electrons. The van der Waals surface area contributed by atoms with Crippen LogP contribution in [-0.4, -0.2) is 29.4 Å². The lowest BCUT2D eigenvalue weighted by Crippen LogP contribution is -2.18. The van der Waals surface area contributed by atoms with E-state index in [-0.39, 0.29) is 6.04 Å². The van der Waals surface area contributed by atoms with Gasteiger partial charge in [-0.3, -0.25) is 0 Å². The van der Waals surface area contributed by atoms with E-state index in [0.717, 1.165) is 41.5 Å². The van der Waals surface area contributed by atoms with Crippen LogP contribution in [0.2, 0.25) is 0 Å². The molecule has 0 spiro atoms. The van der Waals surface area contributed by atoms with Crippen LogP contribution in [0, 0.1) is 0 Å². The molecule has 26 heavy (non-hydrogen) atoms. The molecule has 0 saturated carbocycles. The lowest BCUT2D eigenvalue weighted by Gasteiger charge is -2.19. The molecule has 3 aromatic heterocycles. The van der Waals surface area contributed by atoms with Crippen LogP contribution < -0.4 is 5.32 Å². The molecule has 7 heteroatoms. The molecular formula is C19H21N7. The van der Waals surface area contributed by atoms with Crippen LogP contribution >= 0.6 is 0 Å². The Morgan fingerprint density at radius 1 is 1.08 bits per heavy atom. The van der Waals surface area contributed by atoms with Crippen molar-refractivity contribution in [3.8, 4) is 11.3 Å². The standard InChI is InChI=1S/C19H21N7/c1-3-15(19-20-13-22-25(19)4-2)23-18-12-16(14-8-6-5-7-9-14)24-17-10-11-21-26(17)18/h5-13,15,23H,3-4H2,1-2H3/t15-/m1/s1. The highest BCUT2D eigenvalue weighted by Gasteiger charge is 2.18. The Labute approximate surface area is 151 Å². The van der Waals surface area contributed by atoms with Gasteiger partial charge in [-0.05, 0) is 13.3 Å². The van der Waals surface area contributed by atoms with Crippen LogP contribution in [0.15, 0.2) is 55.0 Å². The van der Waals surface area contributed by atoms with E-state index in [1.54, 1.807) is 12.5 Å². The van der Waals surface area contributed by atoms with Gasteiger partial charge in [0, 0.05) is 24.2 Å². The zero-order valence-electron chi connectivity index (χ0n) is 14.9. The number of rotatable bonds is 6. The lowest BCUT2D eigenvalue weighted by molar-refractivity contribution is 0.567. The fourth-order valence-electron chi connectivity index (χ4n) is 3.09. The number of nitrogens with one attached hydrogen (secondary N) is 1. The van der Waals surface area contributed by atoms with E-state index in [0.29, 0.717) is 0 Å². The molecule has 0 unspecified atom stereocenters. The van der Waals surface area contributed by atoms with Crippen molar-refractivity contribution >= 4 is 11.5 Å². The van der Waals surface area contributed by atoms with Gasteiger partial charge in [0.05, 0.1) is 17.9 Å². The fraction of sp³-hybridized carbons (Fsp3) is 0.263. The van der Waals surface area contributed by atoms with Crippen molar-refractivity contribution in [1.29, 1.82) is 0 Å². The predicted molar refractivity (Wildman–Crippen MR) is 101 cm³/mol. The summed E-state index contributed by atoms with van der Waals surface area (Å²) in [5, 5.41) is 12.3. The van der Waals surface area contributed by atoms with Gasteiger partial charge in [0.25, 0.3) is 0 Å². The number of anilines is 1. The van der Waals surface area contributed by atoms with Crippen molar-refractivity contribution in [3.63, 3.8) is 0 Å². The zero-order valence-corrected chi connectivity index (χ0v) is 14.9. The van der Waals surface area contributed by atoms with E-state index in [9.17, 15) is 0 Å². The summed E-state index contributed by atoms with van der Waals surface area (Å²) in [4.78, 5) is 9.17. The number of hydrogen-bond donors (Lipinski definition) is 1. The first-order valence-corrected chi connectivity index (χ1v) is 8.84. The Balaban J connectivity index is 1.76. The Morgan fingerprint density at radius 3 is 2.69 bits per heavy atom. The predicted octanol–water partition coefficient (Wildman–Crippen LogP) is 3.57. The SMILES string of the molecule is CC[C@@H](Nc1cc(-c2ccccc2)nc2ccnn12)c1ncnn1CC. The number of nitrogens with zero attached hydrogens (tertiary/aromatic N) is 6. The monoisotopic (exact) mass is 347 g/mol. The normalized spacial score (nSPS) is 12.4. The molecule has 1 aromatic carbocycles. The van der Waals surface area contributed by atoms with E-state index in [1.165, 1.54) is 0 Å².